The first kappa shape index (κ1) is 17.3. The lowest BCUT2D eigenvalue weighted by Crippen LogP contribution is -2.49. The number of carbonyl (C=O) groups is 1. The molecule has 6 heteroatoms. The Hall–Kier alpha value is -1.17. The highest BCUT2D eigenvalue weighted by atomic mass is 32.2. The molecule has 0 heterocycles. The number of halogens is 3. The molecular weight excluding hydrogens is 347 g/mol. The van der Waals surface area contributed by atoms with Gasteiger partial charge in [-0.25, -0.2) is 13.2 Å². The van der Waals surface area contributed by atoms with Gasteiger partial charge in [-0.2, -0.15) is 0 Å². The molecule has 25 heavy (non-hydrogen) atoms. The van der Waals surface area contributed by atoms with Crippen molar-refractivity contribution in [2.45, 2.75) is 55.4 Å². The molecular formula is C19H22F3NOS. The number of carbonyl (C=O) groups excluding carboxylic acids is 1. The molecule has 1 amide bonds. The lowest BCUT2D eigenvalue weighted by atomic mass is 9.56. The lowest BCUT2D eigenvalue weighted by molar-refractivity contribution is -0.115. The van der Waals surface area contributed by atoms with Crippen molar-refractivity contribution in [1.29, 1.82) is 0 Å². The molecule has 4 saturated carbocycles. The molecule has 4 fully saturated rings. The Morgan fingerprint density at radius 1 is 1.08 bits per heavy atom. The summed E-state index contributed by atoms with van der Waals surface area (Å²) in [5.41, 5.74) is -0.304. The molecule has 4 aliphatic carbocycles. The fourth-order valence-corrected chi connectivity index (χ4v) is 7.37. The smallest absolute Gasteiger partial charge is 0.237 e. The van der Waals surface area contributed by atoms with Crippen LogP contribution in [-0.4, -0.2) is 15.9 Å². The van der Waals surface area contributed by atoms with Crippen LogP contribution in [-0.2, 0) is 4.79 Å². The maximum Gasteiger partial charge on any atom is 0.237 e. The fourth-order valence-electron chi connectivity index (χ4n) is 5.46. The molecule has 1 aromatic rings. The molecule has 0 spiro atoms. The summed E-state index contributed by atoms with van der Waals surface area (Å²) < 4.78 is 40.3. The molecule has 0 radical (unpaired) electrons. The van der Waals surface area contributed by atoms with E-state index in [4.69, 9.17) is 0 Å². The van der Waals surface area contributed by atoms with Crippen molar-refractivity contribution in [1.82, 2.24) is 0 Å². The van der Waals surface area contributed by atoms with Gasteiger partial charge in [0.25, 0.3) is 0 Å². The molecule has 136 valence electrons. The van der Waals surface area contributed by atoms with Crippen LogP contribution in [0.2, 0.25) is 0 Å². The first-order valence-corrected chi connectivity index (χ1v) is 9.85. The highest BCUT2D eigenvalue weighted by Crippen LogP contribution is 2.61. The summed E-state index contributed by atoms with van der Waals surface area (Å²) in [5.74, 6) is -2.15. The van der Waals surface area contributed by atoms with E-state index in [1.54, 1.807) is 11.8 Å². The Balaban J connectivity index is 1.44. The van der Waals surface area contributed by atoms with E-state index in [-0.39, 0.29) is 21.6 Å². The molecule has 1 atom stereocenters. The van der Waals surface area contributed by atoms with Crippen LogP contribution in [0.4, 0.5) is 18.9 Å². The average Bonchev–Trinajstić information content (AvgIpc) is 2.53. The van der Waals surface area contributed by atoms with Crippen LogP contribution in [0.1, 0.15) is 45.4 Å². The van der Waals surface area contributed by atoms with Gasteiger partial charge in [0, 0.05) is 4.75 Å². The predicted molar refractivity (Wildman–Crippen MR) is 92.9 cm³/mol. The van der Waals surface area contributed by atoms with Crippen LogP contribution < -0.4 is 5.32 Å². The summed E-state index contributed by atoms with van der Waals surface area (Å²) in [4.78, 5) is 12.5. The van der Waals surface area contributed by atoms with Gasteiger partial charge < -0.3 is 5.32 Å². The molecule has 0 aromatic heterocycles. The van der Waals surface area contributed by atoms with E-state index in [0.717, 1.165) is 29.9 Å². The molecule has 0 unspecified atom stereocenters. The molecule has 1 aromatic carbocycles. The van der Waals surface area contributed by atoms with Crippen LogP contribution in [0.25, 0.3) is 0 Å². The number of nitrogens with one attached hydrogen (secondary N) is 1. The third-order valence-corrected chi connectivity index (χ3v) is 7.64. The molecule has 2 nitrogen and oxygen atoms in total. The Bertz CT molecular complexity index is 673. The summed E-state index contributed by atoms with van der Waals surface area (Å²) in [6.07, 6.45) is 7.50. The van der Waals surface area contributed by atoms with E-state index in [1.807, 2.05) is 6.92 Å². The van der Waals surface area contributed by atoms with Gasteiger partial charge in [-0.15, -0.1) is 11.8 Å². The molecule has 0 aliphatic heterocycles. The first-order chi connectivity index (χ1) is 11.8. The van der Waals surface area contributed by atoms with Gasteiger partial charge in [0.05, 0.1) is 10.9 Å². The average molecular weight is 369 g/mol. The highest BCUT2D eigenvalue weighted by molar-refractivity contribution is 8.01. The second-order valence-electron chi connectivity index (χ2n) is 8.07. The first-order valence-electron chi connectivity index (χ1n) is 8.97. The van der Waals surface area contributed by atoms with Crippen molar-refractivity contribution in [2.75, 3.05) is 5.32 Å². The zero-order valence-corrected chi connectivity index (χ0v) is 15.0. The van der Waals surface area contributed by atoms with Crippen molar-refractivity contribution in [3.63, 3.8) is 0 Å². The summed E-state index contributed by atoms with van der Waals surface area (Å²) in [6.45, 7) is 1.82. The van der Waals surface area contributed by atoms with Gasteiger partial charge in [-0.1, -0.05) is 0 Å². The number of rotatable bonds is 4. The second-order valence-corrected chi connectivity index (χ2v) is 9.88. The third kappa shape index (κ3) is 3.18. The van der Waals surface area contributed by atoms with Gasteiger partial charge in [-0.3, -0.25) is 4.79 Å². The molecule has 4 bridgehead atoms. The lowest BCUT2D eigenvalue weighted by Gasteiger charge is -2.57. The number of amides is 1. The van der Waals surface area contributed by atoms with Gasteiger partial charge in [0.2, 0.25) is 5.91 Å². The van der Waals surface area contributed by atoms with E-state index in [1.165, 1.54) is 38.5 Å². The summed E-state index contributed by atoms with van der Waals surface area (Å²) in [6, 6.07) is 1.89. The zero-order chi connectivity index (χ0) is 17.8. The van der Waals surface area contributed by atoms with E-state index in [9.17, 15) is 18.0 Å². The minimum Gasteiger partial charge on any atom is -0.323 e. The minimum absolute atomic E-state index is 0.165. The summed E-state index contributed by atoms with van der Waals surface area (Å²) in [5, 5.41) is 2.06. The molecule has 1 N–H and O–H groups in total. The van der Waals surface area contributed by atoms with Crippen LogP contribution in [0, 0.1) is 35.2 Å². The van der Waals surface area contributed by atoms with Crippen LogP contribution >= 0.6 is 11.8 Å². The van der Waals surface area contributed by atoms with Crippen LogP contribution in [0.5, 0.6) is 0 Å². The van der Waals surface area contributed by atoms with E-state index in [2.05, 4.69) is 5.32 Å². The largest absolute Gasteiger partial charge is 0.323 e. The van der Waals surface area contributed by atoms with E-state index < -0.39 is 17.5 Å². The van der Waals surface area contributed by atoms with Crippen molar-refractivity contribution < 1.29 is 18.0 Å². The Morgan fingerprint density at radius 3 is 2.20 bits per heavy atom. The quantitative estimate of drug-likeness (QED) is 0.745. The van der Waals surface area contributed by atoms with Gasteiger partial charge in [0.15, 0.2) is 17.5 Å². The molecule has 5 rings (SSSR count). The fraction of sp³-hybridized carbons (Fsp3) is 0.632. The maximum absolute atomic E-state index is 13.8. The number of hydrogen-bond acceptors (Lipinski definition) is 2. The summed E-state index contributed by atoms with van der Waals surface area (Å²) in [7, 11) is 0. The standard InChI is InChI=1S/C19H22F3NOS/c1-10(18(24)23-15-3-2-14(20)16(21)17(15)22)25-19-7-11-4-12(8-19)6-13(5-11)9-19/h2-3,10-13H,4-9H2,1H3,(H,23,24)/t10-,11?,12?,13?,19?/m0/s1. The molecule has 0 saturated heterocycles. The normalized spacial score (nSPS) is 34.2. The highest BCUT2D eigenvalue weighted by Gasteiger charge is 2.52. The number of anilines is 1. The van der Waals surface area contributed by atoms with E-state index >= 15 is 0 Å². The van der Waals surface area contributed by atoms with Crippen molar-refractivity contribution in [2.24, 2.45) is 17.8 Å². The number of hydrogen-bond donors (Lipinski definition) is 1. The SMILES string of the molecule is C[C@H](SC12CC3CC(CC(C3)C1)C2)C(=O)Nc1ccc(F)c(F)c1F. The van der Waals surface area contributed by atoms with Crippen LogP contribution in [0.3, 0.4) is 0 Å². The van der Waals surface area contributed by atoms with Crippen molar-refractivity contribution >= 4 is 23.4 Å². The Labute approximate surface area is 149 Å². The van der Waals surface area contributed by atoms with Gasteiger partial charge >= 0.3 is 0 Å². The second kappa shape index (κ2) is 6.22. The van der Waals surface area contributed by atoms with Gasteiger partial charge in [-0.05, 0) is 75.3 Å². The van der Waals surface area contributed by atoms with Crippen molar-refractivity contribution in [3.8, 4) is 0 Å². The zero-order valence-electron chi connectivity index (χ0n) is 14.2. The molecule has 4 aliphatic rings. The van der Waals surface area contributed by atoms with Gasteiger partial charge in [0.1, 0.15) is 0 Å². The number of thioether (sulfide) groups is 1. The predicted octanol–water partition coefficient (Wildman–Crippen LogP) is 5.13. The number of benzene rings is 1. The maximum atomic E-state index is 13.8. The van der Waals surface area contributed by atoms with Crippen molar-refractivity contribution in [3.05, 3.63) is 29.6 Å². The Kier molecular flexibility index (Phi) is 4.29. The van der Waals surface area contributed by atoms with Crippen LogP contribution in [0.15, 0.2) is 12.1 Å². The third-order valence-electron chi connectivity index (χ3n) is 6.07. The minimum atomic E-state index is -1.56. The monoisotopic (exact) mass is 369 g/mol. The Morgan fingerprint density at radius 2 is 1.64 bits per heavy atom. The topological polar surface area (TPSA) is 29.1 Å². The summed E-state index contributed by atoms with van der Waals surface area (Å²) >= 11 is 1.70. The van der Waals surface area contributed by atoms with E-state index in [0.29, 0.717) is 0 Å².